The van der Waals surface area contributed by atoms with Crippen molar-refractivity contribution in [2.45, 2.75) is 13.3 Å². The van der Waals surface area contributed by atoms with Gasteiger partial charge in [0.25, 0.3) is 0 Å². The number of nitrogens with zero attached hydrogens (tertiary/aromatic N) is 2. The van der Waals surface area contributed by atoms with Crippen LogP contribution in [-0.4, -0.2) is 44.2 Å². The molecule has 0 aliphatic carbocycles. The van der Waals surface area contributed by atoms with E-state index in [4.69, 9.17) is 5.11 Å². The largest absolute Gasteiger partial charge is 0.481 e. The smallest absolute Gasteiger partial charge is 0.313 e. The van der Waals surface area contributed by atoms with E-state index >= 15 is 0 Å². The molecular weight excluding hydrogens is 422 g/mol. The number of anilines is 1. The Morgan fingerprint density at radius 1 is 1.07 bits per heavy atom. The molecule has 3 aromatic rings. The van der Waals surface area contributed by atoms with Gasteiger partial charge in [-0.3, -0.25) is 14.4 Å². The lowest BCUT2D eigenvalue weighted by Gasteiger charge is -2.07. The third-order valence-electron chi connectivity index (χ3n) is 4.13. The van der Waals surface area contributed by atoms with Gasteiger partial charge in [-0.1, -0.05) is 31.2 Å². The Hall–Kier alpha value is -3.04. The number of thioether (sulfide) groups is 1. The highest BCUT2D eigenvalue weighted by molar-refractivity contribution is 8.00. The van der Waals surface area contributed by atoms with Gasteiger partial charge in [-0.05, 0) is 18.1 Å². The average Bonchev–Trinajstić information content (AvgIpc) is 3.16. The first kappa shape index (κ1) is 21.7. The molecule has 0 unspecified atom stereocenters. The summed E-state index contributed by atoms with van der Waals surface area (Å²) < 4.78 is 0. The molecule has 0 saturated carbocycles. The standard InChI is InChI=1S/C21H19N3O4S2/c1-2-16-7-17(21(30-16)24-18(25)10-29-11-19(26)27)20(28)14-5-3-13(4-6-14)15-8-22-12-23-9-15/h3-9,12H,2,10-11H2,1H3,(H,24,25)(H,26,27). The van der Waals surface area contributed by atoms with Crippen LogP contribution < -0.4 is 5.32 Å². The Balaban J connectivity index is 1.77. The van der Waals surface area contributed by atoms with E-state index in [1.54, 1.807) is 30.6 Å². The van der Waals surface area contributed by atoms with Crippen LogP contribution in [0.2, 0.25) is 0 Å². The molecule has 9 heteroatoms. The van der Waals surface area contributed by atoms with Gasteiger partial charge in [-0.2, -0.15) is 0 Å². The number of carbonyl (C=O) groups excluding carboxylic acids is 2. The summed E-state index contributed by atoms with van der Waals surface area (Å²) in [6.07, 6.45) is 5.60. The van der Waals surface area contributed by atoms with Crippen LogP contribution >= 0.6 is 23.1 Å². The van der Waals surface area contributed by atoms with Crippen LogP contribution in [0.25, 0.3) is 11.1 Å². The topological polar surface area (TPSA) is 109 Å². The Morgan fingerprint density at radius 2 is 1.77 bits per heavy atom. The van der Waals surface area contributed by atoms with Crippen LogP contribution in [0.5, 0.6) is 0 Å². The van der Waals surface area contributed by atoms with E-state index in [1.807, 2.05) is 19.1 Å². The Morgan fingerprint density at radius 3 is 2.40 bits per heavy atom. The molecule has 0 fully saturated rings. The number of carbonyl (C=O) groups is 3. The number of carboxylic acid groups (broad SMARTS) is 1. The van der Waals surface area contributed by atoms with Gasteiger partial charge in [0.15, 0.2) is 5.78 Å². The van der Waals surface area contributed by atoms with Gasteiger partial charge >= 0.3 is 5.97 Å². The minimum atomic E-state index is -0.974. The second-order valence-corrected chi connectivity index (χ2v) is 8.40. The third kappa shape index (κ3) is 5.52. The molecule has 154 valence electrons. The van der Waals surface area contributed by atoms with Crippen molar-refractivity contribution in [2.75, 3.05) is 16.8 Å². The van der Waals surface area contributed by atoms with Crippen LogP contribution in [0.3, 0.4) is 0 Å². The fraction of sp³-hybridized carbons (Fsp3) is 0.190. The molecule has 7 nitrogen and oxygen atoms in total. The van der Waals surface area contributed by atoms with Gasteiger partial charge < -0.3 is 10.4 Å². The summed E-state index contributed by atoms with van der Waals surface area (Å²) in [5, 5.41) is 11.9. The first-order chi connectivity index (χ1) is 14.5. The first-order valence-electron chi connectivity index (χ1n) is 9.10. The van der Waals surface area contributed by atoms with Gasteiger partial charge in [0.05, 0.1) is 17.1 Å². The van der Waals surface area contributed by atoms with E-state index in [-0.39, 0.29) is 23.2 Å². The number of nitrogens with one attached hydrogen (secondary N) is 1. The van der Waals surface area contributed by atoms with Crippen molar-refractivity contribution in [1.29, 1.82) is 0 Å². The minimum Gasteiger partial charge on any atom is -0.481 e. The van der Waals surface area contributed by atoms with Crippen LogP contribution in [0, 0.1) is 0 Å². The highest BCUT2D eigenvalue weighted by atomic mass is 32.2. The Kier molecular flexibility index (Phi) is 7.31. The van der Waals surface area contributed by atoms with Crippen LogP contribution in [0.1, 0.15) is 27.7 Å². The zero-order valence-corrected chi connectivity index (χ0v) is 17.8. The van der Waals surface area contributed by atoms with Crippen molar-refractivity contribution >= 4 is 45.8 Å². The van der Waals surface area contributed by atoms with Gasteiger partial charge in [0.1, 0.15) is 11.3 Å². The lowest BCUT2D eigenvalue weighted by molar-refractivity contribution is -0.133. The summed E-state index contributed by atoms with van der Waals surface area (Å²) >= 11 is 2.37. The highest BCUT2D eigenvalue weighted by Crippen LogP contribution is 2.31. The van der Waals surface area contributed by atoms with Crippen molar-refractivity contribution in [3.05, 3.63) is 65.1 Å². The number of thiophene rings is 1. The maximum atomic E-state index is 13.1. The molecule has 2 heterocycles. The van der Waals surface area contributed by atoms with Crippen molar-refractivity contribution in [1.82, 2.24) is 9.97 Å². The molecule has 0 bridgehead atoms. The summed E-state index contributed by atoms with van der Waals surface area (Å²) in [6, 6.07) is 8.94. The lowest BCUT2D eigenvalue weighted by atomic mass is 10.0. The van der Waals surface area contributed by atoms with Crippen LogP contribution in [0.15, 0.2) is 49.1 Å². The molecule has 2 N–H and O–H groups in total. The number of ketones is 1. The van der Waals surface area contributed by atoms with E-state index in [1.165, 1.54) is 17.7 Å². The predicted molar refractivity (Wildman–Crippen MR) is 118 cm³/mol. The van der Waals surface area contributed by atoms with E-state index in [0.29, 0.717) is 16.1 Å². The normalized spacial score (nSPS) is 10.6. The zero-order valence-electron chi connectivity index (χ0n) is 16.1. The molecule has 0 aliphatic rings. The number of hydrogen-bond donors (Lipinski definition) is 2. The quantitative estimate of drug-likeness (QED) is 0.487. The molecule has 2 aromatic heterocycles. The number of aryl methyl sites for hydroxylation is 1. The minimum absolute atomic E-state index is 0.00708. The van der Waals surface area contributed by atoms with Crippen LogP contribution in [0.4, 0.5) is 5.00 Å². The average molecular weight is 442 g/mol. The third-order valence-corrected chi connectivity index (χ3v) is 6.24. The molecule has 0 aliphatic heterocycles. The number of rotatable bonds is 9. The van der Waals surface area contributed by atoms with Crippen molar-refractivity contribution in [3.63, 3.8) is 0 Å². The van der Waals surface area contributed by atoms with Crippen molar-refractivity contribution in [2.24, 2.45) is 0 Å². The fourth-order valence-corrected chi connectivity index (χ4v) is 4.23. The molecule has 0 atom stereocenters. The first-order valence-corrected chi connectivity index (χ1v) is 11.1. The highest BCUT2D eigenvalue weighted by Gasteiger charge is 2.19. The molecule has 3 rings (SSSR count). The molecular formula is C21H19N3O4S2. The number of benzene rings is 1. The molecule has 1 amide bonds. The molecule has 0 saturated heterocycles. The number of carboxylic acids is 1. The van der Waals surface area contributed by atoms with E-state index in [9.17, 15) is 14.4 Å². The lowest BCUT2D eigenvalue weighted by Crippen LogP contribution is -2.16. The van der Waals surface area contributed by atoms with Gasteiger partial charge in [-0.25, -0.2) is 9.97 Å². The number of aliphatic carboxylic acids is 1. The van der Waals surface area contributed by atoms with E-state index in [2.05, 4.69) is 15.3 Å². The number of hydrogen-bond acceptors (Lipinski definition) is 7. The van der Waals surface area contributed by atoms with E-state index in [0.717, 1.165) is 34.2 Å². The summed E-state index contributed by atoms with van der Waals surface area (Å²) in [5.41, 5.74) is 2.69. The summed E-state index contributed by atoms with van der Waals surface area (Å²) in [5.74, 6) is -1.64. The second kappa shape index (κ2) is 10.1. The van der Waals surface area contributed by atoms with E-state index < -0.39 is 5.97 Å². The Labute approximate surface area is 181 Å². The zero-order chi connectivity index (χ0) is 21.5. The molecule has 0 spiro atoms. The molecule has 1 aromatic carbocycles. The number of amides is 1. The summed E-state index contributed by atoms with van der Waals surface area (Å²) in [6.45, 7) is 1.98. The van der Waals surface area contributed by atoms with Crippen LogP contribution in [-0.2, 0) is 16.0 Å². The Bertz CT molecular complexity index is 1050. The maximum Gasteiger partial charge on any atom is 0.313 e. The maximum absolute atomic E-state index is 13.1. The SMILES string of the molecule is CCc1cc(C(=O)c2ccc(-c3cncnc3)cc2)c(NC(=O)CSCC(=O)O)s1. The summed E-state index contributed by atoms with van der Waals surface area (Å²) in [4.78, 5) is 44.8. The van der Waals surface area contributed by atoms with Gasteiger partial charge in [0, 0.05) is 28.4 Å². The van der Waals surface area contributed by atoms with Crippen molar-refractivity contribution in [3.8, 4) is 11.1 Å². The monoisotopic (exact) mass is 441 g/mol. The fourth-order valence-electron chi connectivity index (χ4n) is 2.69. The van der Waals surface area contributed by atoms with Gasteiger partial charge in [-0.15, -0.1) is 23.1 Å². The molecule has 30 heavy (non-hydrogen) atoms. The summed E-state index contributed by atoms with van der Waals surface area (Å²) in [7, 11) is 0. The van der Waals surface area contributed by atoms with Crippen molar-refractivity contribution < 1.29 is 19.5 Å². The number of aromatic nitrogens is 2. The molecule has 0 radical (unpaired) electrons. The second-order valence-electron chi connectivity index (χ2n) is 6.28. The van der Waals surface area contributed by atoms with Gasteiger partial charge in [0.2, 0.25) is 5.91 Å². The predicted octanol–water partition coefficient (Wildman–Crippen LogP) is 3.75.